The van der Waals surface area contributed by atoms with Gasteiger partial charge in [0.2, 0.25) is 5.82 Å². The molecule has 0 aliphatic heterocycles. The van der Waals surface area contributed by atoms with E-state index in [1.165, 1.54) is 28.1 Å². The first-order valence-electron chi connectivity index (χ1n) is 5.71. The van der Waals surface area contributed by atoms with Crippen LogP contribution in [-0.2, 0) is 6.54 Å². The van der Waals surface area contributed by atoms with Gasteiger partial charge in [-0.25, -0.2) is 4.98 Å². The number of thiazole rings is 1. The standard InChI is InChI=1S/C10H8F2N6O2S/c11-9(12)16-2-1-13-6(16)5-14-7-8(18(19)20)17-3-4-21-10(17)15-7/h1-4,9,14H,5H2. The minimum Gasteiger partial charge on any atom is -0.358 e. The van der Waals surface area contributed by atoms with E-state index in [9.17, 15) is 18.9 Å². The maximum absolute atomic E-state index is 12.7. The molecule has 0 aliphatic carbocycles. The molecule has 0 atom stereocenters. The van der Waals surface area contributed by atoms with E-state index in [2.05, 4.69) is 15.3 Å². The van der Waals surface area contributed by atoms with Crippen LogP contribution in [0.5, 0.6) is 0 Å². The summed E-state index contributed by atoms with van der Waals surface area (Å²) in [7, 11) is 0. The molecule has 0 aliphatic rings. The first kappa shape index (κ1) is 13.4. The van der Waals surface area contributed by atoms with Crippen molar-refractivity contribution in [1.82, 2.24) is 18.9 Å². The second-order valence-electron chi connectivity index (χ2n) is 3.98. The zero-order chi connectivity index (χ0) is 15.0. The number of imidazole rings is 2. The molecule has 0 saturated heterocycles. The molecule has 0 radical (unpaired) electrons. The molecule has 3 rings (SSSR count). The maximum atomic E-state index is 12.7. The number of aromatic nitrogens is 4. The Morgan fingerprint density at radius 3 is 3.00 bits per heavy atom. The Morgan fingerprint density at radius 2 is 2.29 bits per heavy atom. The van der Waals surface area contributed by atoms with Gasteiger partial charge < -0.3 is 15.4 Å². The number of nitrogens with zero attached hydrogens (tertiary/aromatic N) is 5. The smallest absolute Gasteiger partial charge is 0.358 e. The number of hydrogen-bond acceptors (Lipinski definition) is 6. The molecule has 0 fully saturated rings. The second-order valence-corrected chi connectivity index (χ2v) is 4.85. The van der Waals surface area contributed by atoms with Crippen LogP contribution in [0.25, 0.3) is 4.96 Å². The Kier molecular flexibility index (Phi) is 3.25. The van der Waals surface area contributed by atoms with Crippen molar-refractivity contribution in [3.05, 3.63) is 39.9 Å². The average molecular weight is 314 g/mol. The molecular formula is C10H8F2N6O2S. The van der Waals surface area contributed by atoms with Crippen LogP contribution in [0.1, 0.15) is 12.4 Å². The van der Waals surface area contributed by atoms with E-state index >= 15 is 0 Å². The van der Waals surface area contributed by atoms with Crippen LogP contribution < -0.4 is 5.32 Å². The van der Waals surface area contributed by atoms with E-state index in [4.69, 9.17) is 0 Å². The number of alkyl halides is 2. The Bertz CT molecular complexity index is 795. The zero-order valence-corrected chi connectivity index (χ0v) is 11.1. The predicted molar refractivity (Wildman–Crippen MR) is 70.5 cm³/mol. The quantitative estimate of drug-likeness (QED) is 0.577. The molecule has 8 nitrogen and oxygen atoms in total. The largest absolute Gasteiger partial charge is 0.372 e. The highest BCUT2D eigenvalue weighted by atomic mass is 32.1. The second kappa shape index (κ2) is 5.09. The highest BCUT2D eigenvalue weighted by Gasteiger charge is 2.24. The molecular weight excluding hydrogens is 306 g/mol. The molecule has 1 N–H and O–H groups in total. The Balaban J connectivity index is 1.88. The van der Waals surface area contributed by atoms with Crippen LogP contribution in [0.3, 0.4) is 0 Å². The molecule has 0 unspecified atom stereocenters. The fourth-order valence-corrected chi connectivity index (χ4v) is 2.60. The van der Waals surface area contributed by atoms with E-state index in [1.54, 1.807) is 5.38 Å². The lowest BCUT2D eigenvalue weighted by atomic mass is 10.5. The lowest BCUT2D eigenvalue weighted by Gasteiger charge is -2.06. The topological polar surface area (TPSA) is 90.3 Å². The van der Waals surface area contributed by atoms with Gasteiger partial charge in [0.25, 0.3) is 4.96 Å². The van der Waals surface area contributed by atoms with Crippen molar-refractivity contribution in [2.45, 2.75) is 13.1 Å². The van der Waals surface area contributed by atoms with Crippen LogP contribution in [0.15, 0.2) is 24.0 Å². The SMILES string of the molecule is O=[N+]([O-])c1c(NCc2nccn2C(F)F)nc2sccn12. The van der Waals surface area contributed by atoms with Gasteiger partial charge in [-0.15, -0.1) is 0 Å². The Morgan fingerprint density at radius 1 is 1.48 bits per heavy atom. The summed E-state index contributed by atoms with van der Waals surface area (Å²) in [6.45, 7) is -2.81. The lowest BCUT2D eigenvalue weighted by molar-refractivity contribution is -0.389. The summed E-state index contributed by atoms with van der Waals surface area (Å²) in [6, 6.07) is 0. The van der Waals surface area contributed by atoms with Gasteiger partial charge in [0.05, 0.1) is 6.54 Å². The molecule has 21 heavy (non-hydrogen) atoms. The molecule has 110 valence electrons. The molecule has 0 amide bonds. The summed E-state index contributed by atoms with van der Waals surface area (Å²) >= 11 is 1.24. The number of nitrogens with one attached hydrogen (secondary N) is 1. The summed E-state index contributed by atoms with van der Waals surface area (Å²) in [5, 5.41) is 15.5. The van der Waals surface area contributed by atoms with Gasteiger partial charge >= 0.3 is 12.4 Å². The van der Waals surface area contributed by atoms with Crippen LogP contribution in [0.2, 0.25) is 0 Å². The summed E-state index contributed by atoms with van der Waals surface area (Å²) in [5.41, 5.74) is 0. The molecule has 0 bridgehead atoms. The van der Waals surface area contributed by atoms with Gasteiger partial charge in [0, 0.05) is 17.8 Å². The number of hydrogen-bond donors (Lipinski definition) is 1. The van der Waals surface area contributed by atoms with Crippen LogP contribution in [-0.4, -0.2) is 23.9 Å². The monoisotopic (exact) mass is 314 g/mol. The predicted octanol–water partition coefficient (Wildman–Crippen LogP) is 2.51. The number of anilines is 1. The lowest BCUT2D eigenvalue weighted by Crippen LogP contribution is -2.10. The number of fused-ring (bicyclic) bond motifs is 1. The van der Waals surface area contributed by atoms with Crippen LogP contribution in [0.4, 0.5) is 20.4 Å². The summed E-state index contributed by atoms with van der Waals surface area (Å²) in [6.07, 6.45) is 3.90. The number of halogens is 2. The van der Waals surface area contributed by atoms with E-state index in [0.717, 1.165) is 6.20 Å². The van der Waals surface area contributed by atoms with Crippen LogP contribution >= 0.6 is 11.3 Å². The number of rotatable bonds is 5. The summed E-state index contributed by atoms with van der Waals surface area (Å²) in [5.74, 6) is -0.146. The van der Waals surface area contributed by atoms with E-state index in [0.29, 0.717) is 9.53 Å². The van der Waals surface area contributed by atoms with Gasteiger partial charge in [-0.1, -0.05) is 11.3 Å². The molecule has 3 aromatic rings. The van der Waals surface area contributed by atoms with E-state index < -0.39 is 11.5 Å². The fourth-order valence-electron chi connectivity index (χ4n) is 1.89. The van der Waals surface area contributed by atoms with Crippen molar-refractivity contribution >= 4 is 27.9 Å². The molecule has 0 saturated carbocycles. The van der Waals surface area contributed by atoms with E-state index in [-0.39, 0.29) is 24.0 Å². The normalized spacial score (nSPS) is 11.4. The number of nitro groups is 1. The average Bonchev–Trinajstić information content (AvgIpc) is 3.10. The third kappa shape index (κ3) is 2.31. The minimum atomic E-state index is -2.72. The molecule has 11 heteroatoms. The zero-order valence-electron chi connectivity index (χ0n) is 10.3. The van der Waals surface area contributed by atoms with Gasteiger partial charge in [-0.05, 0) is 4.92 Å². The molecule has 3 aromatic heterocycles. The van der Waals surface area contributed by atoms with Crippen LogP contribution in [0, 0.1) is 10.1 Å². The Hall–Kier alpha value is -2.56. The van der Waals surface area contributed by atoms with E-state index in [1.807, 2.05) is 0 Å². The highest BCUT2D eigenvalue weighted by molar-refractivity contribution is 7.15. The maximum Gasteiger partial charge on any atom is 0.372 e. The molecule has 0 aromatic carbocycles. The first-order valence-corrected chi connectivity index (χ1v) is 6.59. The van der Waals surface area contributed by atoms with Crippen molar-refractivity contribution in [2.24, 2.45) is 0 Å². The van der Waals surface area contributed by atoms with Crippen molar-refractivity contribution in [3.8, 4) is 0 Å². The Labute approximate surface area is 119 Å². The minimum absolute atomic E-state index is 0.0238. The molecule has 0 spiro atoms. The van der Waals surface area contributed by atoms with Crippen molar-refractivity contribution in [1.29, 1.82) is 0 Å². The summed E-state index contributed by atoms with van der Waals surface area (Å²) in [4.78, 5) is 18.8. The third-order valence-corrected chi connectivity index (χ3v) is 3.54. The van der Waals surface area contributed by atoms with Crippen molar-refractivity contribution in [2.75, 3.05) is 5.32 Å². The van der Waals surface area contributed by atoms with Crippen molar-refractivity contribution in [3.63, 3.8) is 0 Å². The van der Waals surface area contributed by atoms with Gasteiger partial charge in [0.1, 0.15) is 12.0 Å². The first-order chi connectivity index (χ1) is 10.1. The van der Waals surface area contributed by atoms with Gasteiger partial charge in [-0.2, -0.15) is 18.2 Å². The van der Waals surface area contributed by atoms with Gasteiger partial charge in [-0.3, -0.25) is 4.57 Å². The third-order valence-electron chi connectivity index (χ3n) is 2.78. The fraction of sp³-hybridized carbons (Fsp3) is 0.200. The van der Waals surface area contributed by atoms with Gasteiger partial charge in [0.15, 0.2) is 0 Å². The molecule has 3 heterocycles. The highest BCUT2D eigenvalue weighted by Crippen LogP contribution is 2.28. The summed E-state index contributed by atoms with van der Waals surface area (Å²) < 4.78 is 27.4. The van der Waals surface area contributed by atoms with Crippen molar-refractivity contribution < 1.29 is 13.7 Å².